The monoisotopic (exact) mass is 814 g/mol. The summed E-state index contributed by atoms with van der Waals surface area (Å²) in [5, 5.41) is 12.0. The predicted molar refractivity (Wildman–Crippen MR) is 190 cm³/mol. The Morgan fingerprint density at radius 2 is 1.46 bits per heavy atom. The van der Waals surface area contributed by atoms with Crippen LogP contribution in [0.15, 0.2) is 92.1 Å². The van der Waals surface area contributed by atoms with Gasteiger partial charge in [-0.2, -0.15) is 13.2 Å². The number of hydrogen-bond donors (Lipinski definition) is 0. The second kappa shape index (κ2) is 13.1. The Kier molecular flexibility index (Phi) is 9.43. The largest absolute Gasteiger partial charge is 0.449 e. The minimum Gasteiger partial charge on any atom is -0.449 e. The Labute approximate surface area is 305 Å². The van der Waals surface area contributed by atoms with E-state index in [0.29, 0.717) is 57.5 Å². The van der Waals surface area contributed by atoms with Crippen LogP contribution in [-0.4, -0.2) is 27.9 Å². The van der Waals surface area contributed by atoms with Gasteiger partial charge in [-0.05, 0) is 75.9 Å². The van der Waals surface area contributed by atoms with Crippen LogP contribution in [0.25, 0.3) is 0 Å². The summed E-state index contributed by atoms with van der Waals surface area (Å²) in [6.07, 6.45) is -2.51. The van der Waals surface area contributed by atoms with E-state index in [1.165, 1.54) is 0 Å². The van der Waals surface area contributed by atoms with Crippen LogP contribution in [0.4, 0.5) is 18.9 Å². The second-order valence-corrected chi connectivity index (χ2v) is 16.5. The molecular formula is C38H35Br2F3N2O5. The molecule has 0 unspecified atom stereocenters. The number of benzene rings is 3. The number of ketones is 2. The van der Waals surface area contributed by atoms with Gasteiger partial charge in [0.25, 0.3) is 0 Å². The fraction of sp³-hybridized carbons (Fsp3) is 0.368. The maximum Gasteiger partial charge on any atom is 0.416 e. The summed E-state index contributed by atoms with van der Waals surface area (Å²) in [6.45, 7) is 8.74. The molecule has 0 N–H and O–H groups in total. The molecule has 2 aliphatic carbocycles. The van der Waals surface area contributed by atoms with Crippen LogP contribution in [0, 0.1) is 20.9 Å². The van der Waals surface area contributed by atoms with Crippen LogP contribution in [0.1, 0.15) is 76.0 Å². The molecule has 0 radical (unpaired) electrons. The van der Waals surface area contributed by atoms with E-state index in [1.807, 2.05) is 58.0 Å². The molecule has 0 fully saturated rings. The van der Waals surface area contributed by atoms with Crippen LogP contribution < -0.4 is 4.74 Å². The molecule has 0 saturated carbocycles. The first kappa shape index (κ1) is 36.0. The number of hydrogen-bond acceptors (Lipinski definition) is 6. The fourth-order valence-electron chi connectivity index (χ4n) is 7.45. The quantitative estimate of drug-likeness (QED) is 0.174. The van der Waals surface area contributed by atoms with Crippen molar-refractivity contribution in [3.63, 3.8) is 0 Å². The van der Waals surface area contributed by atoms with Gasteiger partial charge in [-0.1, -0.05) is 74.0 Å². The fourth-order valence-corrected chi connectivity index (χ4v) is 8.79. The highest BCUT2D eigenvalue weighted by Crippen LogP contribution is 2.57. The van der Waals surface area contributed by atoms with Crippen LogP contribution in [0.2, 0.25) is 0 Å². The number of nitro benzene ring substituents is 1. The molecule has 0 bridgehead atoms. The van der Waals surface area contributed by atoms with E-state index in [9.17, 15) is 32.9 Å². The lowest BCUT2D eigenvalue weighted by Crippen LogP contribution is -2.45. The molecule has 3 aromatic carbocycles. The smallest absolute Gasteiger partial charge is 0.416 e. The van der Waals surface area contributed by atoms with Gasteiger partial charge in [0.05, 0.1) is 15.0 Å². The number of Topliss-reactive ketones (excluding diaryl/α,β-unsaturated/α-hetero) is 2. The van der Waals surface area contributed by atoms with Crippen molar-refractivity contribution in [2.75, 3.05) is 6.54 Å². The highest BCUT2D eigenvalue weighted by molar-refractivity contribution is 9.11. The van der Waals surface area contributed by atoms with E-state index in [2.05, 4.69) is 36.8 Å². The molecule has 0 aromatic heterocycles. The third-order valence-electron chi connectivity index (χ3n) is 9.53. The molecule has 1 heterocycles. The third-order valence-corrected chi connectivity index (χ3v) is 10.6. The molecule has 7 nitrogen and oxygen atoms in total. The first-order chi connectivity index (χ1) is 23.3. The van der Waals surface area contributed by atoms with Crippen molar-refractivity contribution in [3.8, 4) is 11.5 Å². The lowest BCUT2D eigenvalue weighted by Gasteiger charge is -2.49. The summed E-state index contributed by atoms with van der Waals surface area (Å²) in [7, 11) is 0. The van der Waals surface area contributed by atoms with E-state index < -0.39 is 34.0 Å². The Bertz CT molecular complexity index is 1930. The maximum atomic E-state index is 14.4. The number of alkyl halides is 3. The molecule has 0 atom stereocenters. The van der Waals surface area contributed by atoms with Gasteiger partial charge in [0.15, 0.2) is 11.6 Å². The van der Waals surface area contributed by atoms with Crippen molar-refractivity contribution in [1.29, 1.82) is 0 Å². The van der Waals surface area contributed by atoms with Gasteiger partial charge in [0, 0.05) is 63.9 Å². The molecule has 0 spiro atoms. The first-order valence-electron chi connectivity index (χ1n) is 16.2. The molecule has 3 aliphatic rings. The third kappa shape index (κ3) is 7.06. The van der Waals surface area contributed by atoms with Gasteiger partial charge in [-0.15, -0.1) is 0 Å². The van der Waals surface area contributed by atoms with Crippen LogP contribution in [0.3, 0.4) is 0 Å². The first-order valence-corrected chi connectivity index (χ1v) is 17.8. The number of ether oxygens (including phenoxy) is 1. The molecule has 12 heteroatoms. The number of carbonyl (C=O) groups excluding carboxylic acids is 2. The Morgan fingerprint density at radius 1 is 0.880 bits per heavy atom. The Balaban J connectivity index is 1.58. The summed E-state index contributed by atoms with van der Waals surface area (Å²) >= 11 is 7.06. The number of nitro groups is 1. The van der Waals surface area contributed by atoms with Crippen molar-refractivity contribution in [2.45, 2.75) is 71.9 Å². The summed E-state index contributed by atoms with van der Waals surface area (Å²) < 4.78 is 47.7. The van der Waals surface area contributed by atoms with Crippen molar-refractivity contribution in [2.24, 2.45) is 10.8 Å². The normalized spacial score (nSPS) is 19.0. The molecule has 262 valence electrons. The van der Waals surface area contributed by atoms with Crippen molar-refractivity contribution in [3.05, 3.63) is 119 Å². The van der Waals surface area contributed by atoms with E-state index in [1.54, 1.807) is 12.1 Å². The second-order valence-electron chi connectivity index (χ2n) is 14.8. The van der Waals surface area contributed by atoms with E-state index in [4.69, 9.17) is 4.74 Å². The standard InChI is InChI=1S/C38H35Br2F3N2O5/c1-36(2)17-27-33(29(46)19-36)32(34-28(18-37(3,4)20-30(34)47)44(27)13-12-21-8-6-5-7-9-21)24-15-23(39)16-25(40)35(24)50-31-11-10-22(38(41,42)43)14-26(31)45(48)49/h5-11,14-16,32H,12-13,17-20H2,1-4H3. The molecule has 3 aromatic rings. The lowest BCUT2D eigenvalue weighted by atomic mass is 9.63. The number of nitrogens with zero attached hydrogens (tertiary/aromatic N) is 2. The van der Waals surface area contributed by atoms with Gasteiger partial charge < -0.3 is 9.64 Å². The predicted octanol–water partition coefficient (Wildman–Crippen LogP) is 10.9. The molecule has 0 saturated heterocycles. The van der Waals surface area contributed by atoms with Gasteiger partial charge in [-0.3, -0.25) is 19.7 Å². The maximum absolute atomic E-state index is 14.4. The number of allylic oxidation sites excluding steroid dienone is 4. The average Bonchev–Trinajstić information content (AvgIpc) is 2.99. The van der Waals surface area contributed by atoms with Crippen molar-refractivity contribution in [1.82, 2.24) is 4.90 Å². The van der Waals surface area contributed by atoms with Crippen LogP contribution in [0.5, 0.6) is 11.5 Å². The van der Waals surface area contributed by atoms with E-state index in [0.717, 1.165) is 29.1 Å². The topological polar surface area (TPSA) is 89.8 Å². The van der Waals surface area contributed by atoms with Crippen LogP contribution >= 0.6 is 31.9 Å². The minimum atomic E-state index is -4.81. The number of carbonyl (C=O) groups is 2. The summed E-state index contributed by atoms with van der Waals surface area (Å²) in [5.74, 6) is -1.45. The van der Waals surface area contributed by atoms with E-state index in [-0.39, 0.29) is 41.0 Å². The molecule has 6 rings (SSSR count). The highest BCUT2D eigenvalue weighted by atomic mass is 79.9. The van der Waals surface area contributed by atoms with Gasteiger partial charge in [-0.25, -0.2) is 0 Å². The zero-order chi connectivity index (χ0) is 36.3. The zero-order valence-electron chi connectivity index (χ0n) is 27.9. The summed E-state index contributed by atoms with van der Waals surface area (Å²) in [5.41, 5.74) is 1.33. The molecule has 0 amide bonds. The number of halogens is 5. The van der Waals surface area contributed by atoms with Gasteiger partial charge in [0.1, 0.15) is 5.75 Å². The van der Waals surface area contributed by atoms with E-state index >= 15 is 0 Å². The molecule has 1 aliphatic heterocycles. The minimum absolute atomic E-state index is 0.0627. The Morgan fingerprint density at radius 3 is 2.00 bits per heavy atom. The Hall–Kier alpha value is -3.77. The van der Waals surface area contributed by atoms with Gasteiger partial charge in [0.2, 0.25) is 5.75 Å². The number of rotatable bonds is 7. The zero-order valence-corrected chi connectivity index (χ0v) is 31.1. The highest BCUT2D eigenvalue weighted by Gasteiger charge is 2.50. The average molecular weight is 817 g/mol. The summed E-state index contributed by atoms with van der Waals surface area (Å²) in [6, 6.07) is 15.4. The van der Waals surface area contributed by atoms with Crippen LogP contribution in [-0.2, 0) is 22.2 Å². The SMILES string of the molecule is CC1(C)CC(=O)C2=C(C1)N(CCc1ccccc1)C1=C(C(=O)CC(C)(C)C1)C2c1cc(Br)cc(Br)c1Oc1ccc(C(F)(F)F)cc1[N+](=O)[O-]. The van der Waals surface area contributed by atoms with Gasteiger partial charge >= 0.3 is 11.9 Å². The van der Waals surface area contributed by atoms with Crippen molar-refractivity contribution >= 4 is 49.1 Å². The lowest BCUT2D eigenvalue weighted by molar-refractivity contribution is -0.385. The summed E-state index contributed by atoms with van der Waals surface area (Å²) in [4.78, 5) is 42.1. The molecular weight excluding hydrogens is 781 g/mol. The van der Waals surface area contributed by atoms with Crippen molar-refractivity contribution < 1.29 is 32.4 Å². The molecule has 50 heavy (non-hydrogen) atoms.